The van der Waals surface area contributed by atoms with Crippen molar-refractivity contribution in [3.8, 4) is 0 Å². The zero-order valence-corrected chi connectivity index (χ0v) is 12.4. The van der Waals surface area contributed by atoms with Crippen molar-refractivity contribution in [1.29, 1.82) is 0 Å². The van der Waals surface area contributed by atoms with Gasteiger partial charge in [-0.25, -0.2) is 13.4 Å². The van der Waals surface area contributed by atoms with E-state index in [1.165, 1.54) is 37.9 Å². The third-order valence-corrected chi connectivity index (χ3v) is 5.84. The molecule has 1 N–H and O–H groups in total. The number of rotatable bonds is 4. The molecule has 19 heavy (non-hydrogen) atoms. The molecular formula is C13H17ClN2O2S. The molecule has 1 atom stereocenters. The Kier molecular flexibility index (Phi) is 3.02. The molecule has 2 aliphatic carbocycles. The molecule has 2 aliphatic rings. The van der Waals surface area contributed by atoms with Gasteiger partial charge in [-0.2, -0.15) is 0 Å². The van der Waals surface area contributed by atoms with Gasteiger partial charge in [-0.1, -0.05) is 18.0 Å². The third kappa shape index (κ3) is 2.46. The van der Waals surface area contributed by atoms with Gasteiger partial charge in [0.2, 0.25) is 0 Å². The van der Waals surface area contributed by atoms with Crippen molar-refractivity contribution in [2.45, 2.75) is 30.6 Å². The van der Waals surface area contributed by atoms with E-state index in [2.05, 4.69) is 10.3 Å². The van der Waals surface area contributed by atoms with E-state index >= 15 is 0 Å². The first-order valence-electron chi connectivity index (χ1n) is 6.50. The largest absolute Gasteiger partial charge is 0.369 e. The van der Waals surface area contributed by atoms with Gasteiger partial charge >= 0.3 is 0 Å². The second kappa shape index (κ2) is 4.35. The fourth-order valence-electron chi connectivity index (χ4n) is 2.94. The Labute approximate surface area is 118 Å². The predicted octanol–water partition coefficient (Wildman–Crippen LogP) is 2.74. The lowest BCUT2D eigenvalue weighted by Crippen LogP contribution is -2.18. The first kappa shape index (κ1) is 13.2. The molecule has 1 aromatic heterocycles. The van der Waals surface area contributed by atoms with Crippen molar-refractivity contribution in [2.75, 3.05) is 18.1 Å². The van der Waals surface area contributed by atoms with Crippen LogP contribution in [0.3, 0.4) is 0 Å². The highest BCUT2D eigenvalue weighted by atomic mass is 35.5. The van der Waals surface area contributed by atoms with Gasteiger partial charge in [0.1, 0.15) is 5.82 Å². The highest BCUT2D eigenvalue weighted by Crippen LogP contribution is 2.65. The normalized spacial score (nSPS) is 24.0. The van der Waals surface area contributed by atoms with Gasteiger partial charge in [0.25, 0.3) is 0 Å². The highest BCUT2D eigenvalue weighted by molar-refractivity contribution is 7.90. The molecule has 0 amide bonds. The summed E-state index contributed by atoms with van der Waals surface area (Å²) in [6, 6.07) is 1.46. The molecule has 2 fully saturated rings. The third-order valence-electron chi connectivity index (χ3n) is 4.47. The van der Waals surface area contributed by atoms with Crippen LogP contribution >= 0.6 is 11.6 Å². The molecule has 104 valence electrons. The molecule has 4 nitrogen and oxygen atoms in total. The van der Waals surface area contributed by atoms with Gasteiger partial charge in [0.05, 0.1) is 9.92 Å². The van der Waals surface area contributed by atoms with Crippen LogP contribution in [0.1, 0.15) is 25.7 Å². The molecule has 3 rings (SSSR count). The lowest BCUT2D eigenvalue weighted by molar-refractivity contribution is 0.262. The molecular weight excluding hydrogens is 284 g/mol. The van der Waals surface area contributed by atoms with Crippen molar-refractivity contribution >= 4 is 27.3 Å². The van der Waals surface area contributed by atoms with Gasteiger partial charge in [-0.15, -0.1) is 0 Å². The first-order chi connectivity index (χ1) is 8.91. The van der Waals surface area contributed by atoms with Crippen LogP contribution in [0.15, 0.2) is 17.2 Å². The predicted molar refractivity (Wildman–Crippen MR) is 75.2 cm³/mol. The fraction of sp³-hybridized carbons (Fsp3) is 0.615. The van der Waals surface area contributed by atoms with Crippen LogP contribution in [-0.4, -0.2) is 26.2 Å². The zero-order chi connectivity index (χ0) is 13.7. The van der Waals surface area contributed by atoms with Gasteiger partial charge < -0.3 is 5.32 Å². The second-order valence-electron chi connectivity index (χ2n) is 5.77. The summed E-state index contributed by atoms with van der Waals surface area (Å²) in [6.45, 7) is 0.880. The minimum absolute atomic E-state index is 0.157. The number of nitrogens with one attached hydrogen (secondary N) is 1. The Bertz CT molecular complexity index is 611. The zero-order valence-electron chi connectivity index (χ0n) is 10.8. The maximum absolute atomic E-state index is 11.4. The summed E-state index contributed by atoms with van der Waals surface area (Å²) in [5, 5.41) is 3.61. The molecule has 0 saturated heterocycles. The standard InChI is InChI=1S/C13H17ClN2O2S/c1-19(17,18)10-5-11(14)12(16-8-10)15-7-9-6-13(9)3-2-4-13/h5,8-9H,2-4,6-7H2,1H3,(H,15,16). The Morgan fingerprint density at radius 1 is 1.53 bits per heavy atom. The molecule has 0 bridgehead atoms. The van der Waals surface area contributed by atoms with Crippen molar-refractivity contribution < 1.29 is 8.42 Å². The SMILES string of the molecule is CS(=O)(=O)c1cnc(NCC2CC23CCC3)c(Cl)c1. The van der Waals surface area contributed by atoms with E-state index in [-0.39, 0.29) is 4.90 Å². The number of hydrogen-bond acceptors (Lipinski definition) is 4. The lowest BCUT2D eigenvalue weighted by atomic mass is 9.80. The van der Waals surface area contributed by atoms with Crippen LogP contribution < -0.4 is 5.32 Å². The van der Waals surface area contributed by atoms with E-state index in [4.69, 9.17) is 11.6 Å². The molecule has 0 radical (unpaired) electrons. The molecule has 1 aromatic rings. The average Bonchev–Trinajstić information content (AvgIpc) is 3.00. The minimum atomic E-state index is -3.25. The summed E-state index contributed by atoms with van der Waals surface area (Å²) in [7, 11) is -3.25. The van der Waals surface area contributed by atoms with Gasteiger partial charge in [0.15, 0.2) is 9.84 Å². The van der Waals surface area contributed by atoms with Crippen LogP contribution in [0.4, 0.5) is 5.82 Å². The Morgan fingerprint density at radius 2 is 2.26 bits per heavy atom. The smallest absolute Gasteiger partial charge is 0.177 e. The van der Waals surface area contributed by atoms with Crippen LogP contribution in [-0.2, 0) is 9.84 Å². The number of anilines is 1. The Balaban J connectivity index is 1.65. The Hall–Kier alpha value is -0.810. The fourth-order valence-corrected chi connectivity index (χ4v) is 3.81. The van der Waals surface area contributed by atoms with E-state index < -0.39 is 9.84 Å². The highest BCUT2D eigenvalue weighted by Gasteiger charge is 2.56. The van der Waals surface area contributed by atoms with E-state index in [1.54, 1.807) is 0 Å². The number of sulfone groups is 1. The molecule has 0 aromatic carbocycles. The van der Waals surface area contributed by atoms with Crippen molar-refractivity contribution in [1.82, 2.24) is 4.98 Å². The molecule has 1 heterocycles. The van der Waals surface area contributed by atoms with Gasteiger partial charge in [-0.05, 0) is 36.7 Å². The van der Waals surface area contributed by atoms with E-state index in [0.717, 1.165) is 18.7 Å². The van der Waals surface area contributed by atoms with Crippen LogP contribution in [0.25, 0.3) is 0 Å². The molecule has 2 saturated carbocycles. The average molecular weight is 301 g/mol. The maximum atomic E-state index is 11.4. The van der Waals surface area contributed by atoms with Crippen molar-refractivity contribution in [3.05, 3.63) is 17.3 Å². The lowest BCUT2D eigenvalue weighted by Gasteiger charge is -2.26. The molecule has 0 aliphatic heterocycles. The number of pyridine rings is 1. The van der Waals surface area contributed by atoms with Crippen LogP contribution in [0, 0.1) is 11.3 Å². The summed E-state index contributed by atoms with van der Waals surface area (Å²) in [6.07, 6.45) is 7.88. The number of aromatic nitrogens is 1. The summed E-state index contributed by atoms with van der Waals surface area (Å²) >= 11 is 6.07. The van der Waals surface area contributed by atoms with E-state index in [0.29, 0.717) is 16.3 Å². The second-order valence-corrected chi connectivity index (χ2v) is 8.19. The van der Waals surface area contributed by atoms with E-state index in [9.17, 15) is 8.42 Å². The molecule has 1 unspecified atom stereocenters. The minimum Gasteiger partial charge on any atom is -0.369 e. The quantitative estimate of drug-likeness (QED) is 0.929. The monoisotopic (exact) mass is 300 g/mol. The van der Waals surface area contributed by atoms with Crippen LogP contribution in [0.5, 0.6) is 0 Å². The first-order valence-corrected chi connectivity index (χ1v) is 8.77. The van der Waals surface area contributed by atoms with E-state index in [1.807, 2.05) is 0 Å². The number of halogens is 1. The van der Waals surface area contributed by atoms with Gasteiger partial charge in [0, 0.05) is 19.0 Å². The molecule has 6 heteroatoms. The Morgan fingerprint density at radius 3 is 2.74 bits per heavy atom. The summed E-state index contributed by atoms with van der Waals surface area (Å²) in [4.78, 5) is 4.27. The van der Waals surface area contributed by atoms with Gasteiger partial charge in [-0.3, -0.25) is 0 Å². The summed E-state index contributed by atoms with van der Waals surface area (Å²) in [5.41, 5.74) is 0.617. The summed E-state index contributed by atoms with van der Waals surface area (Å²) in [5.74, 6) is 1.31. The molecule has 1 spiro atoms. The topological polar surface area (TPSA) is 59.1 Å². The maximum Gasteiger partial charge on any atom is 0.177 e. The van der Waals surface area contributed by atoms with Crippen molar-refractivity contribution in [3.63, 3.8) is 0 Å². The number of nitrogens with zero attached hydrogens (tertiary/aromatic N) is 1. The number of hydrogen-bond donors (Lipinski definition) is 1. The summed E-state index contributed by atoms with van der Waals surface area (Å²) < 4.78 is 22.8. The van der Waals surface area contributed by atoms with Crippen LogP contribution in [0.2, 0.25) is 5.02 Å². The van der Waals surface area contributed by atoms with Crippen molar-refractivity contribution in [2.24, 2.45) is 11.3 Å².